The van der Waals surface area contributed by atoms with E-state index in [0.717, 1.165) is 73.2 Å². The number of thiophene rings is 1. The third-order valence-corrected chi connectivity index (χ3v) is 18.6. The number of benzene rings is 10. The van der Waals surface area contributed by atoms with E-state index in [1.165, 1.54) is 65.0 Å². The van der Waals surface area contributed by atoms with Gasteiger partial charge in [-0.05, 0) is 174 Å². The number of anilines is 9. The summed E-state index contributed by atoms with van der Waals surface area (Å²) in [6.45, 7) is 20.6. The normalized spacial score (nSPS) is 12.9. The lowest BCUT2D eigenvalue weighted by Gasteiger charge is -2.44. The molecule has 0 N–H and O–H groups in total. The Morgan fingerprint density at radius 1 is 0.388 bits per heavy atom. The van der Waals surface area contributed by atoms with Crippen molar-refractivity contribution in [1.82, 2.24) is 4.98 Å². The Balaban J connectivity index is 1.11. The zero-order valence-electron chi connectivity index (χ0n) is 50.0. The first-order valence-corrected chi connectivity index (χ1v) is 30.7. The van der Waals surface area contributed by atoms with Crippen LogP contribution in [0.5, 0.6) is 0 Å². The summed E-state index contributed by atoms with van der Waals surface area (Å²) < 4.78 is 2.60. The molecule has 414 valence electrons. The molecule has 0 atom stereocenters. The average molecular weight is 1120 g/mol. The molecule has 6 heteroatoms. The van der Waals surface area contributed by atoms with Crippen LogP contribution in [-0.4, -0.2) is 11.7 Å². The Morgan fingerprint density at radius 2 is 0.941 bits per heavy atom. The molecule has 2 aromatic heterocycles. The molecule has 0 bridgehead atoms. The maximum Gasteiger partial charge on any atom is 0.264 e. The van der Waals surface area contributed by atoms with E-state index >= 15 is 0 Å². The molecule has 0 amide bonds. The summed E-state index contributed by atoms with van der Waals surface area (Å²) in [6.07, 6.45) is 3.82. The van der Waals surface area contributed by atoms with Gasteiger partial charge in [-0.2, -0.15) is 0 Å². The van der Waals surface area contributed by atoms with Gasteiger partial charge in [0, 0.05) is 78.2 Å². The van der Waals surface area contributed by atoms with Crippen molar-refractivity contribution in [2.75, 3.05) is 14.7 Å². The quantitative estimate of drug-likeness (QED) is 0.134. The average Bonchev–Trinajstić information content (AvgIpc) is 1.78. The third kappa shape index (κ3) is 9.73. The van der Waals surface area contributed by atoms with Gasteiger partial charge in [0.15, 0.2) is 0 Å². The molecule has 4 nitrogen and oxygen atoms in total. The molecule has 0 radical (unpaired) electrons. The lowest BCUT2D eigenvalue weighted by Crippen LogP contribution is -2.60. The summed E-state index contributed by atoms with van der Waals surface area (Å²) in [5.41, 5.74) is 25.7. The molecule has 0 spiro atoms. The van der Waals surface area contributed by atoms with Crippen LogP contribution < -0.4 is 30.4 Å². The number of fused-ring (bicyclic) bond motifs is 6. The first-order valence-electron chi connectivity index (χ1n) is 29.9. The molecule has 2 aliphatic rings. The fourth-order valence-electron chi connectivity index (χ4n) is 12.8. The van der Waals surface area contributed by atoms with Gasteiger partial charge in [0.25, 0.3) is 6.71 Å². The number of nitrogens with zero attached hydrogens (tertiary/aromatic N) is 4. The zero-order valence-corrected chi connectivity index (χ0v) is 50.8. The Hall–Kier alpha value is -9.23. The molecule has 12 aromatic rings. The first kappa shape index (κ1) is 53.8. The molecular weight excluding hydrogens is 1050 g/mol. The monoisotopic (exact) mass is 1120 g/mol. The molecule has 10 aromatic carbocycles. The van der Waals surface area contributed by atoms with Gasteiger partial charge in [0.1, 0.15) is 0 Å². The second kappa shape index (κ2) is 20.8. The second-order valence-corrected chi connectivity index (χ2v) is 27.2. The minimum atomic E-state index is -0.127. The van der Waals surface area contributed by atoms with E-state index in [2.05, 4.69) is 319 Å². The molecule has 0 saturated heterocycles. The van der Waals surface area contributed by atoms with Gasteiger partial charge >= 0.3 is 0 Å². The predicted molar refractivity (Wildman–Crippen MR) is 366 cm³/mol. The number of hydrogen-bond donors (Lipinski definition) is 0. The van der Waals surface area contributed by atoms with E-state index in [1.54, 1.807) is 0 Å². The molecular formula is C79H69BN4S. The van der Waals surface area contributed by atoms with Gasteiger partial charge in [-0.1, -0.05) is 208 Å². The summed E-state index contributed by atoms with van der Waals surface area (Å²) in [5.74, 6) is 0. The summed E-state index contributed by atoms with van der Waals surface area (Å²) in [4.78, 5) is 12.3. The van der Waals surface area contributed by atoms with Crippen molar-refractivity contribution < 1.29 is 0 Å². The van der Waals surface area contributed by atoms with Crippen LogP contribution in [0.15, 0.2) is 255 Å². The largest absolute Gasteiger partial charge is 0.311 e. The Labute approximate surface area is 506 Å². The van der Waals surface area contributed by atoms with Gasteiger partial charge < -0.3 is 14.7 Å². The summed E-state index contributed by atoms with van der Waals surface area (Å²) in [5, 5.41) is 1.25. The van der Waals surface area contributed by atoms with Crippen molar-refractivity contribution in [2.24, 2.45) is 0 Å². The van der Waals surface area contributed by atoms with Gasteiger partial charge in [-0.3, -0.25) is 4.98 Å². The van der Waals surface area contributed by atoms with Crippen LogP contribution in [0, 0.1) is 0 Å². The molecule has 85 heavy (non-hydrogen) atoms. The topological polar surface area (TPSA) is 22.6 Å². The molecule has 0 saturated carbocycles. The van der Waals surface area contributed by atoms with Gasteiger partial charge in [-0.25, -0.2) is 0 Å². The molecule has 0 unspecified atom stereocenters. The van der Waals surface area contributed by atoms with E-state index in [4.69, 9.17) is 0 Å². The van der Waals surface area contributed by atoms with E-state index < -0.39 is 0 Å². The Morgan fingerprint density at radius 3 is 1.59 bits per heavy atom. The van der Waals surface area contributed by atoms with E-state index in [0.29, 0.717) is 0 Å². The predicted octanol–water partition coefficient (Wildman–Crippen LogP) is 20.4. The lowest BCUT2D eigenvalue weighted by molar-refractivity contribution is 0.590. The molecule has 0 aliphatic carbocycles. The number of para-hydroxylation sites is 1. The highest BCUT2D eigenvalue weighted by molar-refractivity contribution is 7.33. The smallest absolute Gasteiger partial charge is 0.264 e. The van der Waals surface area contributed by atoms with Crippen molar-refractivity contribution >= 4 is 95.0 Å². The number of rotatable bonds is 9. The van der Waals surface area contributed by atoms with Crippen molar-refractivity contribution in [3.8, 4) is 44.5 Å². The number of hydrogen-bond acceptors (Lipinski definition) is 5. The van der Waals surface area contributed by atoms with Crippen LogP contribution in [-0.2, 0) is 16.2 Å². The molecule has 2 aliphatic heterocycles. The highest BCUT2D eigenvalue weighted by atomic mass is 32.1. The molecule has 4 heterocycles. The van der Waals surface area contributed by atoms with Crippen LogP contribution in [0.25, 0.3) is 54.6 Å². The maximum atomic E-state index is 4.57. The minimum Gasteiger partial charge on any atom is -0.311 e. The van der Waals surface area contributed by atoms with E-state index in [-0.39, 0.29) is 23.0 Å². The molecule has 14 rings (SSSR count). The van der Waals surface area contributed by atoms with Gasteiger partial charge in [-0.15, -0.1) is 11.3 Å². The highest BCUT2D eigenvalue weighted by Gasteiger charge is 2.46. The number of pyridine rings is 1. The van der Waals surface area contributed by atoms with E-state index in [9.17, 15) is 0 Å². The minimum absolute atomic E-state index is 0.00500. The second-order valence-electron chi connectivity index (χ2n) is 26.1. The third-order valence-electron chi connectivity index (χ3n) is 17.4. The highest BCUT2D eigenvalue weighted by Crippen LogP contribution is 2.53. The van der Waals surface area contributed by atoms with Gasteiger partial charge in [0.2, 0.25) is 0 Å². The van der Waals surface area contributed by atoms with Crippen LogP contribution in [0.4, 0.5) is 51.2 Å². The van der Waals surface area contributed by atoms with Crippen LogP contribution in [0.2, 0.25) is 0 Å². The number of aromatic nitrogens is 1. The SMILES string of the molecule is CC(C)(C)c1ccc(N(c2ccccc2)c2ccc3c(c2)N(c2ccc(C(C)(C)C)cc2-c2cccc(-c4cccnc4)c2)c2cc(-c4ccccc4)cc4c2B3c2sc3ccc(-c5ccccc5)cc3c2N4c2ccc(C(C)(C)C)cc2)cc1. The molecule has 0 fully saturated rings. The van der Waals surface area contributed by atoms with Crippen LogP contribution in [0.1, 0.15) is 79.0 Å². The Bertz CT molecular complexity index is 4460. The lowest BCUT2D eigenvalue weighted by atomic mass is 9.36. The first-order chi connectivity index (χ1) is 41.0. The zero-order chi connectivity index (χ0) is 58.4. The van der Waals surface area contributed by atoms with Crippen molar-refractivity contribution in [3.05, 3.63) is 272 Å². The summed E-state index contributed by atoms with van der Waals surface area (Å²) in [7, 11) is 0. The standard InChI is InChI=1S/C79H69BN4S/c1-77(2,3)59-31-36-63(37-32-59)82(62-28-17-12-18-29-62)65-40-41-68-70(50-65)84(69-42-35-61(79(7,8)9)49-66(69)56-26-19-25-54(45-56)57-27-20-44-81-51-57)72-48-58(53-23-15-11-16-24-53)47-71-74(72)80(68)76-75(83(71)64-38-33-60(34-39-64)78(4,5)6)67-46-55(30-43-73(67)85-76)52-21-13-10-14-22-52/h10-51H,1-9H3. The van der Waals surface area contributed by atoms with E-state index in [1.807, 2.05) is 29.8 Å². The van der Waals surface area contributed by atoms with Crippen molar-refractivity contribution in [1.29, 1.82) is 0 Å². The van der Waals surface area contributed by atoms with Crippen molar-refractivity contribution in [3.63, 3.8) is 0 Å². The summed E-state index contributed by atoms with van der Waals surface area (Å²) in [6, 6.07) is 91.3. The maximum absolute atomic E-state index is 4.57. The van der Waals surface area contributed by atoms with Crippen LogP contribution in [0.3, 0.4) is 0 Å². The fourth-order valence-corrected chi connectivity index (χ4v) is 14.1. The van der Waals surface area contributed by atoms with Crippen LogP contribution >= 0.6 is 11.3 Å². The Kier molecular flexibility index (Phi) is 13.2. The van der Waals surface area contributed by atoms with Crippen molar-refractivity contribution in [2.45, 2.75) is 78.6 Å². The summed E-state index contributed by atoms with van der Waals surface area (Å²) >= 11 is 1.95. The fraction of sp³-hybridized carbons (Fsp3) is 0.152. The van der Waals surface area contributed by atoms with Gasteiger partial charge in [0.05, 0.1) is 11.4 Å².